The van der Waals surface area contributed by atoms with Gasteiger partial charge in [-0.05, 0) is 12.1 Å². The Morgan fingerprint density at radius 3 is 3.13 bits per heavy atom. The number of nitrogens with zero attached hydrogens (tertiary/aromatic N) is 3. The third kappa shape index (κ3) is 1.36. The molecule has 0 aliphatic heterocycles. The van der Waals surface area contributed by atoms with Gasteiger partial charge in [0.2, 0.25) is 0 Å². The van der Waals surface area contributed by atoms with Crippen molar-refractivity contribution in [2.75, 3.05) is 0 Å². The summed E-state index contributed by atoms with van der Waals surface area (Å²) < 4.78 is 0. The van der Waals surface area contributed by atoms with Gasteiger partial charge < -0.3 is 0 Å². The van der Waals surface area contributed by atoms with Crippen LogP contribution in [-0.4, -0.2) is 20.2 Å². The number of nitrogens with one attached hydrogen (secondary N) is 1. The van der Waals surface area contributed by atoms with E-state index >= 15 is 0 Å². The minimum Gasteiger partial charge on any atom is -0.278 e. The number of H-pyrrole nitrogens is 1. The van der Waals surface area contributed by atoms with Gasteiger partial charge >= 0.3 is 0 Å². The van der Waals surface area contributed by atoms with Crippen LogP contribution in [0.3, 0.4) is 0 Å². The first kappa shape index (κ1) is 8.11. The van der Waals surface area contributed by atoms with Crippen molar-refractivity contribution in [1.29, 1.82) is 0 Å². The Bertz CT molecular complexity index is 586. The van der Waals surface area contributed by atoms with E-state index in [1.165, 1.54) is 6.33 Å². The second-order valence-corrected chi connectivity index (χ2v) is 3.20. The molecule has 4 heteroatoms. The quantitative estimate of drug-likeness (QED) is 0.644. The fourth-order valence-corrected chi connectivity index (χ4v) is 1.51. The molecule has 3 aromatic rings. The van der Waals surface area contributed by atoms with Crippen LogP contribution in [0.4, 0.5) is 0 Å². The Labute approximate surface area is 86.0 Å². The lowest BCUT2D eigenvalue weighted by Gasteiger charge is -1.98. The zero-order valence-electron chi connectivity index (χ0n) is 7.81. The molecule has 15 heavy (non-hydrogen) atoms. The molecule has 1 aromatic carbocycles. The number of rotatable bonds is 1. The van der Waals surface area contributed by atoms with Crippen molar-refractivity contribution < 1.29 is 0 Å². The molecule has 0 saturated carbocycles. The highest BCUT2D eigenvalue weighted by Crippen LogP contribution is 2.20. The molecule has 4 nitrogen and oxygen atoms in total. The fourth-order valence-electron chi connectivity index (χ4n) is 1.51. The van der Waals surface area contributed by atoms with E-state index in [1.54, 1.807) is 12.3 Å². The topological polar surface area (TPSA) is 54.5 Å². The molecular weight excluding hydrogens is 188 g/mol. The highest BCUT2D eigenvalue weighted by atomic mass is 15.1. The van der Waals surface area contributed by atoms with Crippen molar-refractivity contribution in [3.8, 4) is 11.3 Å². The summed E-state index contributed by atoms with van der Waals surface area (Å²) in [6.45, 7) is 0. The van der Waals surface area contributed by atoms with Crippen molar-refractivity contribution >= 4 is 10.9 Å². The van der Waals surface area contributed by atoms with Crippen LogP contribution in [0.1, 0.15) is 0 Å². The Balaban J connectivity index is 2.19. The molecule has 3 rings (SSSR count). The van der Waals surface area contributed by atoms with E-state index in [4.69, 9.17) is 0 Å². The van der Waals surface area contributed by atoms with E-state index in [-0.39, 0.29) is 0 Å². The number of hydrogen-bond donors (Lipinski definition) is 1. The van der Waals surface area contributed by atoms with Crippen LogP contribution in [0.15, 0.2) is 36.8 Å². The Kier molecular flexibility index (Phi) is 1.71. The molecular formula is C11H7N4. The van der Waals surface area contributed by atoms with Gasteiger partial charge in [-0.1, -0.05) is 12.1 Å². The average molecular weight is 195 g/mol. The molecule has 0 saturated heterocycles. The highest BCUT2D eigenvalue weighted by Gasteiger charge is 2.01. The number of fused-ring (bicyclic) bond motifs is 1. The summed E-state index contributed by atoms with van der Waals surface area (Å²) in [5, 5.41) is 7.99. The van der Waals surface area contributed by atoms with Gasteiger partial charge in [-0.25, -0.2) is 9.97 Å². The molecule has 2 heterocycles. The standard InChI is InChI=1S/C11H7N4/c1-2-9-6-14-15-11(9)5-8(1)10-3-4-12-7-13-10/h1-3,5-7H,(H,14,15). The van der Waals surface area contributed by atoms with Crippen LogP contribution in [0, 0.1) is 6.20 Å². The van der Waals surface area contributed by atoms with Crippen molar-refractivity contribution in [1.82, 2.24) is 20.2 Å². The Morgan fingerprint density at radius 2 is 2.27 bits per heavy atom. The Hall–Kier alpha value is -2.23. The average Bonchev–Trinajstić information content (AvgIpc) is 2.77. The summed E-state index contributed by atoms with van der Waals surface area (Å²) in [7, 11) is 0. The molecule has 0 amide bonds. The molecule has 0 bridgehead atoms. The minimum atomic E-state index is 0.863. The van der Waals surface area contributed by atoms with Crippen LogP contribution in [0.25, 0.3) is 22.2 Å². The lowest BCUT2D eigenvalue weighted by atomic mass is 10.1. The van der Waals surface area contributed by atoms with Gasteiger partial charge in [0.05, 0.1) is 23.6 Å². The predicted molar refractivity (Wildman–Crippen MR) is 56.0 cm³/mol. The van der Waals surface area contributed by atoms with Gasteiger partial charge in [0.25, 0.3) is 0 Å². The SMILES string of the molecule is [c]1cc(-c2ccc3cn[nH]c3c2)ncn1. The van der Waals surface area contributed by atoms with Crippen LogP contribution < -0.4 is 0 Å². The van der Waals surface area contributed by atoms with Crippen molar-refractivity contribution in [2.45, 2.75) is 0 Å². The zero-order chi connectivity index (χ0) is 10.1. The zero-order valence-corrected chi connectivity index (χ0v) is 7.81. The second-order valence-electron chi connectivity index (χ2n) is 3.20. The third-order valence-electron chi connectivity index (χ3n) is 2.27. The summed E-state index contributed by atoms with van der Waals surface area (Å²) in [5.41, 5.74) is 2.90. The molecule has 71 valence electrons. The molecule has 1 radical (unpaired) electrons. The van der Waals surface area contributed by atoms with Gasteiger partial charge in [0, 0.05) is 10.9 Å². The van der Waals surface area contributed by atoms with Crippen molar-refractivity contribution in [3.63, 3.8) is 0 Å². The first-order valence-electron chi connectivity index (χ1n) is 4.55. The first-order valence-corrected chi connectivity index (χ1v) is 4.55. The normalized spacial score (nSPS) is 10.7. The third-order valence-corrected chi connectivity index (χ3v) is 2.27. The van der Waals surface area contributed by atoms with Gasteiger partial charge in [-0.3, -0.25) is 5.10 Å². The Morgan fingerprint density at radius 1 is 1.27 bits per heavy atom. The lowest BCUT2D eigenvalue weighted by Crippen LogP contribution is -1.83. The molecule has 0 aliphatic rings. The van der Waals surface area contributed by atoms with Gasteiger partial charge in [0.15, 0.2) is 0 Å². The van der Waals surface area contributed by atoms with Crippen LogP contribution in [-0.2, 0) is 0 Å². The molecule has 2 aromatic heterocycles. The molecule has 0 unspecified atom stereocenters. The van der Waals surface area contributed by atoms with E-state index in [9.17, 15) is 0 Å². The van der Waals surface area contributed by atoms with Gasteiger partial charge in [-0.15, -0.1) is 0 Å². The van der Waals surface area contributed by atoms with E-state index in [0.29, 0.717) is 0 Å². The van der Waals surface area contributed by atoms with Gasteiger partial charge in [-0.2, -0.15) is 5.10 Å². The predicted octanol–water partition coefficient (Wildman–Crippen LogP) is 1.82. The van der Waals surface area contributed by atoms with E-state index in [1.807, 2.05) is 18.2 Å². The van der Waals surface area contributed by atoms with Crippen molar-refractivity contribution in [3.05, 3.63) is 43.0 Å². The van der Waals surface area contributed by atoms with Crippen LogP contribution in [0.5, 0.6) is 0 Å². The molecule has 0 spiro atoms. The maximum atomic E-state index is 4.16. The number of benzene rings is 1. The van der Waals surface area contributed by atoms with Crippen molar-refractivity contribution in [2.24, 2.45) is 0 Å². The fraction of sp³-hybridized carbons (Fsp3) is 0. The largest absolute Gasteiger partial charge is 0.278 e. The number of aromatic nitrogens is 4. The van der Waals surface area contributed by atoms with E-state index < -0.39 is 0 Å². The summed E-state index contributed by atoms with van der Waals surface area (Å²) in [6, 6.07) is 7.79. The molecule has 0 aliphatic carbocycles. The number of hydrogen-bond acceptors (Lipinski definition) is 3. The van der Waals surface area contributed by atoms with Crippen LogP contribution >= 0.6 is 0 Å². The van der Waals surface area contributed by atoms with Crippen LogP contribution in [0.2, 0.25) is 0 Å². The highest BCUT2D eigenvalue weighted by molar-refractivity contribution is 5.82. The van der Waals surface area contributed by atoms with Gasteiger partial charge in [0.1, 0.15) is 6.33 Å². The molecule has 1 N–H and O–H groups in total. The maximum Gasteiger partial charge on any atom is 0.116 e. The summed E-state index contributed by atoms with van der Waals surface area (Å²) in [6.07, 6.45) is 6.05. The monoisotopic (exact) mass is 195 g/mol. The number of aromatic amines is 1. The summed E-state index contributed by atoms with van der Waals surface area (Å²) in [4.78, 5) is 7.93. The summed E-state index contributed by atoms with van der Waals surface area (Å²) in [5.74, 6) is 0. The van der Waals surface area contributed by atoms with E-state index in [2.05, 4.69) is 26.4 Å². The molecule has 0 atom stereocenters. The lowest BCUT2D eigenvalue weighted by molar-refractivity contribution is 1.12. The first-order chi connectivity index (χ1) is 7.43. The minimum absolute atomic E-state index is 0.863. The summed E-state index contributed by atoms with van der Waals surface area (Å²) >= 11 is 0. The smallest absolute Gasteiger partial charge is 0.116 e. The molecule has 0 fully saturated rings. The van der Waals surface area contributed by atoms with E-state index in [0.717, 1.165) is 22.2 Å². The second kappa shape index (κ2) is 3.16. The maximum absolute atomic E-state index is 4.16.